The van der Waals surface area contributed by atoms with E-state index in [-0.39, 0.29) is 0 Å². The van der Waals surface area contributed by atoms with Crippen LogP contribution in [-0.2, 0) is 0 Å². The minimum absolute atomic E-state index is 0.635. The van der Waals surface area contributed by atoms with Gasteiger partial charge in [-0.25, -0.2) is 0 Å². The van der Waals surface area contributed by atoms with E-state index < -0.39 is 0 Å². The van der Waals surface area contributed by atoms with E-state index in [0.29, 0.717) is 6.17 Å². The van der Waals surface area contributed by atoms with Crippen molar-refractivity contribution in [2.45, 2.75) is 194 Å². The lowest BCUT2D eigenvalue weighted by atomic mass is 10.0. The van der Waals surface area contributed by atoms with E-state index in [4.69, 9.17) is 0 Å². The Morgan fingerprint density at radius 1 is 0.361 bits per heavy atom. The summed E-state index contributed by atoms with van der Waals surface area (Å²) in [4.78, 5) is 5.30. The lowest BCUT2D eigenvalue weighted by molar-refractivity contribution is 0.138. The highest BCUT2D eigenvalue weighted by Crippen LogP contribution is 2.22. The van der Waals surface area contributed by atoms with Crippen LogP contribution in [-0.4, -0.2) is 29.1 Å². The molecular formula is C34H68N2. The average molecular weight is 505 g/mol. The smallest absolute Gasteiger partial charge is 0.101 e. The highest BCUT2D eigenvalue weighted by molar-refractivity contribution is 4.96. The van der Waals surface area contributed by atoms with Gasteiger partial charge in [0, 0.05) is 25.5 Å². The molecule has 0 aromatic carbocycles. The van der Waals surface area contributed by atoms with Gasteiger partial charge in [0.15, 0.2) is 0 Å². The molecule has 1 aliphatic rings. The Morgan fingerprint density at radius 3 is 0.917 bits per heavy atom. The first-order chi connectivity index (χ1) is 17.8. The SMILES string of the molecule is CCCCCCCCCCCCCCCCN1C=CN(CCCCCCCCCCCC)C1CCC. The second kappa shape index (κ2) is 26.0. The number of hydrogen-bond acceptors (Lipinski definition) is 2. The van der Waals surface area contributed by atoms with Crippen LogP contribution in [0.15, 0.2) is 12.4 Å². The summed E-state index contributed by atoms with van der Waals surface area (Å²) in [5, 5.41) is 0. The summed E-state index contributed by atoms with van der Waals surface area (Å²) in [5.41, 5.74) is 0. The van der Waals surface area contributed by atoms with Crippen molar-refractivity contribution in [1.82, 2.24) is 9.80 Å². The zero-order chi connectivity index (χ0) is 25.9. The van der Waals surface area contributed by atoms with Crippen LogP contribution in [0, 0.1) is 0 Å². The lowest BCUT2D eigenvalue weighted by Crippen LogP contribution is -2.39. The summed E-state index contributed by atoms with van der Waals surface area (Å²) in [6, 6.07) is 0. The molecule has 0 aromatic rings. The van der Waals surface area contributed by atoms with Crippen molar-refractivity contribution in [2.75, 3.05) is 13.1 Å². The van der Waals surface area contributed by atoms with Crippen molar-refractivity contribution < 1.29 is 0 Å². The van der Waals surface area contributed by atoms with Crippen molar-refractivity contribution in [1.29, 1.82) is 0 Å². The molecule has 0 radical (unpaired) electrons. The lowest BCUT2D eigenvalue weighted by Gasteiger charge is -2.33. The highest BCUT2D eigenvalue weighted by Gasteiger charge is 2.24. The fourth-order valence-electron chi connectivity index (χ4n) is 5.87. The Balaban J connectivity index is 1.97. The van der Waals surface area contributed by atoms with Crippen LogP contribution in [0.5, 0.6) is 0 Å². The van der Waals surface area contributed by atoms with Crippen molar-refractivity contribution in [3.8, 4) is 0 Å². The van der Waals surface area contributed by atoms with Gasteiger partial charge in [-0.15, -0.1) is 0 Å². The molecule has 214 valence electrons. The second-order valence-electron chi connectivity index (χ2n) is 11.8. The van der Waals surface area contributed by atoms with Gasteiger partial charge in [0.25, 0.3) is 0 Å². The van der Waals surface area contributed by atoms with Gasteiger partial charge in [-0.2, -0.15) is 0 Å². The first-order valence-corrected chi connectivity index (χ1v) is 17.0. The molecule has 0 fully saturated rings. The minimum Gasteiger partial charge on any atom is -0.356 e. The Kier molecular flexibility index (Phi) is 24.1. The quantitative estimate of drug-likeness (QED) is 0.0977. The van der Waals surface area contributed by atoms with Crippen molar-refractivity contribution in [3.63, 3.8) is 0 Å². The van der Waals surface area contributed by atoms with Gasteiger partial charge >= 0.3 is 0 Å². The van der Waals surface area contributed by atoms with Gasteiger partial charge in [0.2, 0.25) is 0 Å². The third kappa shape index (κ3) is 18.6. The summed E-state index contributed by atoms with van der Waals surface area (Å²) >= 11 is 0. The minimum atomic E-state index is 0.635. The predicted octanol–water partition coefficient (Wildman–Crippen LogP) is 11.6. The zero-order valence-corrected chi connectivity index (χ0v) is 25.4. The molecule has 1 heterocycles. The van der Waals surface area contributed by atoms with Crippen LogP contribution >= 0.6 is 0 Å². The molecule has 0 amide bonds. The van der Waals surface area contributed by atoms with Crippen LogP contribution < -0.4 is 0 Å². The summed E-state index contributed by atoms with van der Waals surface area (Å²) in [5.74, 6) is 0. The number of hydrogen-bond donors (Lipinski definition) is 0. The van der Waals surface area contributed by atoms with Crippen LogP contribution in [0.1, 0.15) is 188 Å². The Hall–Kier alpha value is -0.660. The molecule has 0 aliphatic carbocycles. The topological polar surface area (TPSA) is 6.48 Å². The van der Waals surface area contributed by atoms with Crippen LogP contribution in [0.3, 0.4) is 0 Å². The van der Waals surface area contributed by atoms with Crippen LogP contribution in [0.2, 0.25) is 0 Å². The first-order valence-electron chi connectivity index (χ1n) is 17.0. The molecule has 1 atom stereocenters. The second-order valence-corrected chi connectivity index (χ2v) is 11.8. The summed E-state index contributed by atoms with van der Waals surface area (Å²) in [6.45, 7) is 9.48. The van der Waals surface area contributed by atoms with Gasteiger partial charge in [-0.05, 0) is 19.3 Å². The maximum atomic E-state index is 2.65. The molecule has 0 spiro atoms. The van der Waals surface area contributed by atoms with Gasteiger partial charge in [0.05, 0.1) is 0 Å². The van der Waals surface area contributed by atoms with E-state index in [1.54, 1.807) is 0 Å². The van der Waals surface area contributed by atoms with Crippen LogP contribution in [0.25, 0.3) is 0 Å². The van der Waals surface area contributed by atoms with Gasteiger partial charge in [0.1, 0.15) is 6.17 Å². The molecule has 2 nitrogen and oxygen atoms in total. The molecule has 1 unspecified atom stereocenters. The molecule has 0 bridgehead atoms. The molecule has 36 heavy (non-hydrogen) atoms. The van der Waals surface area contributed by atoms with E-state index >= 15 is 0 Å². The molecule has 1 rings (SSSR count). The maximum absolute atomic E-state index is 2.65. The van der Waals surface area contributed by atoms with E-state index in [1.165, 1.54) is 180 Å². The van der Waals surface area contributed by atoms with E-state index in [1.807, 2.05) is 0 Å². The molecule has 0 aromatic heterocycles. The molecular weight excluding hydrogens is 436 g/mol. The predicted molar refractivity (Wildman–Crippen MR) is 163 cm³/mol. The molecule has 1 aliphatic heterocycles. The van der Waals surface area contributed by atoms with E-state index in [9.17, 15) is 0 Å². The number of unbranched alkanes of at least 4 members (excludes halogenated alkanes) is 22. The fraction of sp³-hybridized carbons (Fsp3) is 0.941. The zero-order valence-electron chi connectivity index (χ0n) is 25.4. The van der Waals surface area contributed by atoms with Crippen LogP contribution in [0.4, 0.5) is 0 Å². The largest absolute Gasteiger partial charge is 0.356 e. The molecule has 0 N–H and O–H groups in total. The number of rotatable bonds is 28. The van der Waals surface area contributed by atoms with Crippen molar-refractivity contribution in [3.05, 3.63) is 12.4 Å². The fourth-order valence-corrected chi connectivity index (χ4v) is 5.87. The van der Waals surface area contributed by atoms with Crippen molar-refractivity contribution in [2.24, 2.45) is 0 Å². The summed E-state index contributed by atoms with van der Waals surface area (Å²) in [6.07, 6.45) is 42.6. The normalized spacial score (nSPS) is 15.5. The molecule has 0 saturated carbocycles. The number of nitrogens with zero attached hydrogens (tertiary/aromatic N) is 2. The van der Waals surface area contributed by atoms with Gasteiger partial charge < -0.3 is 9.80 Å². The van der Waals surface area contributed by atoms with E-state index in [2.05, 4.69) is 43.0 Å². The monoisotopic (exact) mass is 505 g/mol. The average Bonchev–Trinajstić information content (AvgIpc) is 3.26. The first kappa shape index (κ1) is 33.4. The summed E-state index contributed by atoms with van der Waals surface area (Å²) < 4.78 is 0. The Morgan fingerprint density at radius 2 is 0.639 bits per heavy atom. The van der Waals surface area contributed by atoms with E-state index in [0.717, 1.165) is 0 Å². The molecule has 0 saturated heterocycles. The standard InChI is InChI=1S/C34H68N2/c1-4-7-9-11-13-15-17-18-19-20-22-24-26-28-31-36-33-32-35(34(36)29-6-3)30-27-25-23-21-16-14-12-10-8-5-2/h32-34H,4-31H2,1-3H3. The third-order valence-electron chi connectivity index (χ3n) is 8.30. The van der Waals surface area contributed by atoms with Gasteiger partial charge in [-0.1, -0.05) is 168 Å². The van der Waals surface area contributed by atoms with Gasteiger partial charge in [-0.3, -0.25) is 0 Å². The summed E-state index contributed by atoms with van der Waals surface area (Å²) in [7, 11) is 0. The Bertz CT molecular complexity index is 460. The third-order valence-corrected chi connectivity index (χ3v) is 8.30. The Labute approximate surface area is 229 Å². The highest BCUT2D eigenvalue weighted by atomic mass is 15.4. The molecule has 2 heteroatoms. The maximum Gasteiger partial charge on any atom is 0.101 e. The van der Waals surface area contributed by atoms with Crippen molar-refractivity contribution >= 4 is 0 Å².